The van der Waals surface area contributed by atoms with Crippen LogP contribution in [0.1, 0.15) is 108 Å². The monoisotopic (exact) mass is 982 g/mol. The van der Waals surface area contributed by atoms with Gasteiger partial charge in [0.2, 0.25) is 0 Å². The van der Waals surface area contributed by atoms with Crippen LogP contribution in [0, 0.1) is 17.8 Å². The molecule has 0 aliphatic carbocycles. The molecule has 0 bridgehead atoms. The number of benzene rings is 6. The number of hydrogen-bond donors (Lipinski definition) is 1. The number of ketones is 4. The Bertz CT molecular complexity index is 2680. The Labute approximate surface area is 432 Å². The highest BCUT2D eigenvalue weighted by Gasteiger charge is 2.49. The van der Waals surface area contributed by atoms with Gasteiger partial charge in [0.25, 0.3) is 0 Å². The van der Waals surface area contributed by atoms with E-state index in [1.54, 1.807) is 18.2 Å². The number of nitrogens with zero attached hydrogens (tertiary/aromatic N) is 3. The lowest BCUT2D eigenvalue weighted by Gasteiger charge is -2.48. The lowest BCUT2D eigenvalue weighted by molar-refractivity contribution is -0.125. The van der Waals surface area contributed by atoms with Crippen molar-refractivity contribution in [2.75, 3.05) is 39.3 Å². The standard InChI is InChI=1S/2C21H23NO2.C13H17NO.C8H8O2/c2*1-16-14-22(15-17-7-3-2-4-8-17)12-11-21(16)13-19(23)18-9-5-6-10-20(18)24-21;1-11-9-14(8-7-13(11)15)10-12-5-3-2-4-6-12;1-6(9)7-4-2-3-5-8(7)10/h2*2-10,16H,11-15H2,1H3;2-6,11H,7-10H2,1H3;2-5,10H,1H3. The third-order valence-corrected chi connectivity index (χ3v) is 15.3. The molecule has 380 valence electrons. The van der Waals surface area contributed by atoms with Crippen molar-refractivity contribution in [1.82, 2.24) is 14.7 Å². The first-order valence-corrected chi connectivity index (χ1v) is 26.0. The van der Waals surface area contributed by atoms with Crippen LogP contribution < -0.4 is 9.47 Å². The van der Waals surface area contributed by atoms with Crippen molar-refractivity contribution in [3.05, 3.63) is 197 Å². The van der Waals surface area contributed by atoms with Gasteiger partial charge in [0, 0.05) is 95.9 Å². The number of carbonyl (C=O) groups is 4. The summed E-state index contributed by atoms with van der Waals surface area (Å²) in [4.78, 5) is 54.5. The summed E-state index contributed by atoms with van der Waals surface area (Å²) in [5.74, 6) is 3.18. The van der Waals surface area contributed by atoms with Gasteiger partial charge in [-0.05, 0) is 60.0 Å². The highest BCUT2D eigenvalue weighted by molar-refractivity contribution is 6.01. The molecule has 5 unspecified atom stereocenters. The number of aromatic hydroxyl groups is 1. The van der Waals surface area contributed by atoms with E-state index in [4.69, 9.17) is 14.6 Å². The van der Waals surface area contributed by atoms with Crippen LogP contribution in [0.4, 0.5) is 0 Å². The van der Waals surface area contributed by atoms with Gasteiger partial charge in [-0.15, -0.1) is 0 Å². The van der Waals surface area contributed by atoms with Crippen LogP contribution in [0.3, 0.4) is 0 Å². The molecule has 3 fully saturated rings. The minimum absolute atomic E-state index is 0.0509. The van der Waals surface area contributed by atoms with Crippen LogP contribution in [0.2, 0.25) is 0 Å². The number of ether oxygens (including phenoxy) is 2. The zero-order valence-electron chi connectivity index (χ0n) is 43.0. The van der Waals surface area contributed by atoms with Crippen LogP contribution in [0.5, 0.6) is 17.2 Å². The van der Waals surface area contributed by atoms with E-state index in [1.807, 2.05) is 61.5 Å². The maximum atomic E-state index is 12.6. The van der Waals surface area contributed by atoms with Crippen molar-refractivity contribution in [3.8, 4) is 17.2 Å². The molecule has 0 radical (unpaired) electrons. The number of piperidine rings is 3. The fourth-order valence-electron chi connectivity index (χ4n) is 10.9. The van der Waals surface area contributed by atoms with Gasteiger partial charge in [-0.2, -0.15) is 0 Å². The molecule has 5 aliphatic rings. The highest BCUT2D eigenvalue weighted by Crippen LogP contribution is 2.44. The lowest BCUT2D eigenvalue weighted by Crippen LogP contribution is -2.56. The molecule has 3 saturated heterocycles. The number of phenols is 1. The summed E-state index contributed by atoms with van der Waals surface area (Å²) < 4.78 is 12.8. The predicted octanol–water partition coefficient (Wildman–Crippen LogP) is 11.6. The molecule has 11 rings (SSSR count). The molecular formula is C63H71N3O7. The van der Waals surface area contributed by atoms with E-state index in [1.165, 1.54) is 29.7 Å². The molecule has 0 aromatic heterocycles. The number of likely N-dealkylation sites (tertiary alicyclic amines) is 3. The highest BCUT2D eigenvalue weighted by atomic mass is 16.5. The Kier molecular flexibility index (Phi) is 17.5. The van der Waals surface area contributed by atoms with E-state index in [-0.39, 0.29) is 40.2 Å². The average molecular weight is 982 g/mol. The summed E-state index contributed by atoms with van der Waals surface area (Å²) >= 11 is 0. The molecule has 10 nitrogen and oxygen atoms in total. The van der Waals surface area contributed by atoms with E-state index < -0.39 is 0 Å². The van der Waals surface area contributed by atoms with Gasteiger partial charge in [-0.1, -0.05) is 148 Å². The first-order chi connectivity index (χ1) is 35.3. The van der Waals surface area contributed by atoms with E-state index in [0.717, 1.165) is 94.4 Å². The van der Waals surface area contributed by atoms with Crippen LogP contribution in [0.25, 0.3) is 0 Å². The summed E-state index contributed by atoms with van der Waals surface area (Å²) in [5, 5.41) is 9.06. The Balaban J connectivity index is 0.000000137. The third kappa shape index (κ3) is 13.5. The van der Waals surface area contributed by atoms with Gasteiger partial charge in [-0.3, -0.25) is 33.9 Å². The second-order valence-corrected chi connectivity index (χ2v) is 20.7. The summed E-state index contributed by atoms with van der Waals surface area (Å²) in [6.07, 6.45) is 3.53. The number of carbonyl (C=O) groups excluding carboxylic acids is 4. The Morgan fingerprint density at radius 3 is 1.29 bits per heavy atom. The van der Waals surface area contributed by atoms with Gasteiger partial charge in [0.1, 0.15) is 34.2 Å². The Hall–Kier alpha value is -6.72. The van der Waals surface area contributed by atoms with E-state index in [9.17, 15) is 19.2 Å². The van der Waals surface area contributed by atoms with Gasteiger partial charge in [-0.25, -0.2) is 0 Å². The number of hydrogen-bond acceptors (Lipinski definition) is 10. The first kappa shape index (κ1) is 52.6. The fraction of sp³-hybridized carbons (Fsp3) is 0.365. The molecule has 0 saturated carbocycles. The van der Waals surface area contributed by atoms with Gasteiger partial charge in [0.15, 0.2) is 17.3 Å². The quantitative estimate of drug-likeness (QED) is 0.155. The van der Waals surface area contributed by atoms with Crippen LogP contribution in [-0.2, 0) is 24.4 Å². The normalized spacial score (nSPS) is 23.7. The van der Waals surface area contributed by atoms with Crippen molar-refractivity contribution in [2.45, 2.75) is 90.6 Å². The zero-order chi connectivity index (χ0) is 51.4. The molecule has 73 heavy (non-hydrogen) atoms. The molecule has 5 aliphatic heterocycles. The van der Waals surface area contributed by atoms with Gasteiger partial charge >= 0.3 is 0 Å². The maximum Gasteiger partial charge on any atom is 0.170 e. The molecule has 10 heteroatoms. The molecule has 6 aromatic carbocycles. The molecule has 1 N–H and O–H groups in total. The van der Waals surface area contributed by atoms with Crippen LogP contribution in [-0.4, -0.2) is 93.4 Å². The molecule has 5 atom stereocenters. The predicted molar refractivity (Wildman–Crippen MR) is 287 cm³/mol. The number of Topliss-reactive ketones (excluding diaryl/α,β-unsaturated/α-hetero) is 4. The first-order valence-electron chi connectivity index (χ1n) is 26.0. The van der Waals surface area contributed by atoms with Crippen molar-refractivity contribution < 1.29 is 33.8 Å². The largest absolute Gasteiger partial charge is 0.507 e. The molecule has 0 amide bonds. The maximum absolute atomic E-state index is 12.6. The van der Waals surface area contributed by atoms with Crippen molar-refractivity contribution >= 4 is 23.1 Å². The number of phenolic OH excluding ortho intramolecular Hbond substituents is 1. The summed E-state index contributed by atoms with van der Waals surface area (Å²) in [6, 6.07) is 53.4. The van der Waals surface area contributed by atoms with Crippen molar-refractivity contribution in [2.24, 2.45) is 17.8 Å². The van der Waals surface area contributed by atoms with E-state index in [2.05, 4.69) is 113 Å². The minimum atomic E-state index is -0.335. The smallest absolute Gasteiger partial charge is 0.170 e. The summed E-state index contributed by atoms with van der Waals surface area (Å²) in [6.45, 7) is 16.5. The van der Waals surface area contributed by atoms with Crippen molar-refractivity contribution in [1.29, 1.82) is 0 Å². The number of rotatable bonds is 7. The van der Waals surface area contributed by atoms with E-state index >= 15 is 0 Å². The van der Waals surface area contributed by atoms with Crippen LogP contribution >= 0.6 is 0 Å². The molecular weight excluding hydrogens is 911 g/mol. The molecule has 6 aromatic rings. The third-order valence-electron chi connectivity index (χ3n) is 15.3. The number of para-hydroxylation sites is 3. The van der Waals surface area contributed by atoms with Gasteiger partial charge in [0.05, 0.1) is 29.5 Å². The molecule has 5 heterocycles. The lowest BCUT2D eigenvalue weighted by atomic mass is 9.75. The fourth-order valence-corrected chi connectivity index (χ4v) is 10.9. The molecule has 2 spiro atoms. The van der Waals surface area contributed by atoms with Crippen molar-refractivity contribution in [3.63, 3.8) is 0 Å². The zero-order valence-corrected chi connectivity index (χ0v) is 43.0. The van der Waals surface area contributed by atoms with E-state index in [0.29, 0.717) is 42.4 Å². The summed E-state index contributed by atoms with van der Waals surface area (Å²) in [5.41, 5.74) is 5.20. The average Bonchev–Trinajstić information content (AvgIpc) is 3.39. The Morgan fingerprint density at radius 2 is 0.904 bits per heavy atom. The van der Waals surface area contributed by atoms with Gasteiger partial charge < -0.3 is 14.6 Å². The topological polar surface area (TPSA) is 117 Å². The summed E-state index contributed by atoms with van der Waals surface area (Å²) in [7, 11) is 0. The Morgan fingerprint density at radius 1 is 0.521 bits per heavy atom. The SMILES string of the molecule is CC(=O)c1ccccc1O.CC1CN(Cc2ccccc2)CCC12CC(=O)c1ccccc1O2.CC1CN(Cc2ccccc2)CCC12CC(=O)c1ccccc1O2.CC1CN(Cc2ccccc2)CCC1=O. The van der Waals surface area contributed by atoms with Crippen LogP contribution in [0.15, 0.2) is 164 Å². The number of fused-ring (bicyclic) bond motifs is 2. The minimum Gasteiger partial charge on any atom is -0.507 e. The second kappa shape index (κ2) is 24.3. The second-order valence-electron chi connectivity index (χ2n) is 20.7.